The van der Waals surface area contributed by atoms with Crippen molar-refractivity contribution in [2.45, 2.75) is 26.2 Å². The molecule has 7 nitrogen and oxygen atoms in total. The van der Waals surface area contributed by atoms with Crippen molar-refractivity contribution in [3.8, 4) is 0 Å². The zero-order valence-electron chi connectivity index (χ0n) is 16.2. The van der Waals surface area contributed by atoms with Gasteiger partial charge in [-0.1, -0.05) is 31.2 Å². The van der Waals surface area contributed by atoms with Crippen molar-refractivity contribution in [2.75, 3.05) is 18.4 Å². The lowest BCUT2D eigenvalue weighted by Crippen LogP contribution is -2.31. The number of nitrogens with zero attached hydrogens (tertiary/aromatic N) is 1. The van der Waals surface area contributed by atoms with E-state index in [4.69, 9.17) is 0 Å². The number of anilines is 1. The SMILES string of the molecule is CCCNC(=O)c1ccccc1NC(=O)CCCN1C(=O)c2ccccc2C1=O. The highest BCUT2D eigenvalue weighted by Gasteiger charge is 2.34. The Balaban J connectivity index is 1.55. The molecule has 2 N–H and O–H groups in total. The normalized spacial score (nSPS) is 12.7. The summed E-state index contributed by atoms with van der Waals surface area (Å²) in [6.07, 6.45) is 1.28. The molecular weight excluding hydrogens is 370 g/mol. The van der Waals surface area contributed by atoms with Gasteiger partial charge in [0.25, 0.3) is 17.7 Å². The van der Waals surface area contributed by atoms with E-state index < -0.39 is 0 Å². The summed E-state index contributed by atoms with van der Waals surface area (Å²) in [7, 11) is 0. The average Bonchev–Trinajstić information content (AvgIpc) is 2.97. The fraction of sp³-hybridized carbons (Fsp3) is 0.273. The van der Waals surface area contributed by atoms with Crippen LogP contribution in [-0.2, 0) is 4.79 Å². The van der Waals surface area contributed by atoms with Crippen LogP contribution in [0.25, 0.3) is 0 Å². The van der Waals surface area contributed by atoms with Gasteiger partial charge in [-0.3, -0.25) is 24.1 Å². The predicted molar refractivity (Wildman–Crippen MR) is 109 cm³/mol. The first-order valence-corrected chi connectivity index (χ1v) is 9.65. The molecule has 0 atom stereocenters. The zero-order valence-corrected chi connectivity index (χ0v) is 16.2. The number of nitrogens with one attached hydrogen (secondary N) is 2. The molecule has 29 heavy (non-hydrogen) atoms. The number of rotatable bonds is 8. The first-order chi connectivity index (χ1) is 14.0. The van der Waals surface area contributed by atoms with E-state index >= 15 is 0 Å². The molecule has 1 aliphatic heterocycles. The molecule has 0 saturated carbocycles. The molecule has 0 aromatic heterocycles. The molecule has 150 valence electrons. The Labute approximate surface area is 169 Å². The maximum Gasteiger partial charge on any atom is 0.261 e. The summed E-state index contributed by atoms with van der Waals surface area (Å²) in [5, 5.41) is 5.53. The number of carbonyl (C=O) groups is 4. The Hall–Kier alpha value is -3.48. The Morgan fingerprint density at radius 1 is 0.931 bits per heavy atom. The maximum absolute atomic E-state index is 12.3. The standard InChI is InChI=1S/C22H23N3O4/c1-2-13-23-20(27)17-10-5-6-11-18(17)24-19(26)12-7-14-25-21(28)15-8-3-4-9-16(15)22(25)29/h3-6,8-11H,2,7,12-14H2,1H3,(H,23,27)(H,24,26). The van der Waals surface area contributed by atoms with Crippen LogP contribution in [0.4, 0.5) is 5.69 Å². The van der Waals surface area contributed by atoms with Crippen LogP contribution >= 0.6 is 0 Å². The van der Waals surface area contributed by atoms with Crippen LogP contribution in [0.2, 0.25) is 0 Å². The van der Waals surface area contributed by atoms with E-state index in [1.54, 1.807) is 48.5 Å². The quantitative estimate of drug-likeness (QED) is 0.674. The molecule has 2 aromatic carbocycles. The van der Waals surface area contributed by atoms with Crippen LogP contribution in [-0.4, -0.2) is 41.6 Å². The molecule has 3 rings (SSSR count). The molecule has 2 aromatic rings. The van der Waals surface area contributed by atoms with Gasteiger partial charge in [-0.25, -0.2) is 0 Å². The van der Waals surface area contributed by atoms with Gasteiger partial charge in [0.1, 0.15) is 0 Å². The van der Waals surface area contributed by atoms with Crippen molar-refractivity contribution in [1.82, 2.24) is 10.2 Å². The number of hydrogen-bond acceptors (Lipinski definition) is 4. The fourth-order valence-electron chi connectivity index (χ4n) is 3.18. The van der Waals surface area contributed by atoms with Crippen LogP contribution in [0.1, 0.15) is 57.3 Å². The number of amides is 4. The largest absolute Gasteiger partial charge is 0.352 e. The van der Waals surface area contributed by atoms with Gasteiger partial charge in [0.05, 0.1) is 22.4 Å². The van der Waals surface area contributed by atoms with Crippen molar-refractivity contribution in [3.05, 3.63) is 65.2 Å². The van der Waals surface area contributed by atoms with Gasteiger partial charge in [0.2, 0.25) is 5.91 Å². The first kappa shape index (κ1) is 20.3. The first-order valence-electron chi connectivity index (χ1n) is 9.65. The van der Waals surface area contributed by atoms with E-state index in [-0.39, 0.29) is 36.6 Å². The van der Waals surface area contributed by atoms with Crippen molar-refractivity contribution < 1.29 is 19.2 Å². The second kappa shape index (κ2) is 9.14. The van der Waals surface area contributed by atoms with Crippen molar-refractivity contribution in [2.24, 2.45) is 0 Å². The third-order valence-corrected chi connectivity index (χ3v) is 4.65. The predicted octanol–water partition coefficient (Wildman–Crippen LogP) is 2.84. The van der Waals surface area contributed by atoms with Crippen molar-refractivity contribution in [1.29, 1.82) is 0 Å². The molecule has 0 bridgehead atoms. The monoisotopic (exact) mass is 393 g/mol. The highest BCUT2D eigenvalue weighted by Crippen LogP contribution is 2.23. The van der Waals surface area contributed by atoms with E-state index in [9.17, 15) is 19.2 Å². The Bertz CT molecular complexity index is 920. The van der Waals surface area contributed by atoms with Gasteiger partial charge in [-0.15, -0.1) is 0 Å². The van der Waals surface area contributed by atoms with Gasteiger partial charge < -0.3 is 10.6 Å². The van der Waals surface area contributed by atoms with E-state index in [0.29, 0.717) is 35.3 Å². The lowest BCUT2D eigenvalue weighted by Gasteiger charge is -2.14. The highest BCUT2D eigenvalue weighted by atomic mass is 16.2. The number of hydrogen-bond donors (Lipinski definition) is 2. The number of carbonyl (C=O) groups excluding carboxylic acids is 4. The molecule has 1 heterocycles. The molecule has 0 saturated heterocycles. The van der Waals surface area contributed by atoms with Crippen LogP contribution in [0.3, 0.4) is 0 Å². The summed E-state index contributed by atoms with van der Waals surface area (Å²) in [4.78, 5) is 50.4. The summed E-state index contributed by atoms with van der Waals surface area (Å²) < 4.78 is 0. The Morgan fingerprint density at radius 2 is 1.55 bits per heavy atom. The van der Waals surface area contributed by atoms with Gasteiger partial charge in [0.15, 0.2) is 0 Å². The van der Waals surface area contributed by atoms with Crippen molar-refractivity contribution >= 4 is 29.3 Å². The van der Waals surface area contributed by atoms with Crippen LogP contribution in [0, 0.1) is 0 Å². The number of benzene rings is 2. The molecule has 0 radical (unpaired) electrons. The van der Waals surface area contributed by atoms with Gasteiger partial charge in [0, 0.05) is 19.5 Å². The van der Waals surface area contributed by atoms with Gasteiger partial charge >= 0.3 is 0 Å². The number of para-hydroxylation sites is 1. The summed E-state index contributed by atoms with van der Waals surface area (Å²) in [5.74, 6) is -1.18. The van der Waals surface area contributed by atoms with Crippen molar-refractivity contribution in [3.63, 3.8) is 0 Å². The second-order valence-electron chi connectivity index (χ2n) is 6.76. The fourth-order valence-corrected chi connectivity index (χ4v) is 3.18. The molecule has 0 aliphatic carbocycles. The molecule has 1 aliphatic rings. The maximum atomic E-state index is 12.3. The second-order valence-corrected chi connectivity index (χ2v) is 6.76. The number of imide groups is 1. The lowest BCUT2D eigenvalue weighted by atomic mass is 10.1. The van der Waals surface area contributed by atoms with Crippen LogP contribution < -0.4 is 10.6 Å². The Kier molecular flexibility index (Phi) is 6.39. The third-order valence-electron chi connectivity index (χ3n) is 4.65. The van der Waals surface area contributed by atoms with Gasteiger partial charge in [-0.2, -0.15) is 0 Å². The minimum absolute atomic E-state index is 0.123. The van der Waals surface area contributed by atoms with E-state index in [1.807, 2.05) is 6.92 Å². The van der Waals surface area contributed by atoms with Gasteiger partial charge in [-0.05, 0) is 37.1 Å². The molecule has 0 spiro atoms. The summed E-state index contributed by atoms with van der Waals surface area (Å²) in [6.45, 7) is 2.68. The lowest BCUT2D eigenvalue weighted by molar-refractivity contribution is -0.116. The molecule has 4 amide bonds. The topological polar surface area (TPSA) is 95.6 Å². The molecule has 7 heteroatoms. The molecular formula is C22H23N3O4. The minimum atomic E-state index is -0.330. The Morgan fingerprint density at radius 3 is 2.21 bits per heavy atom. The smallest absolute Gasteiger partial charge is 0.261 e. The van der Waals surface area contributed by atoms with E-state index in [0.717, 1.165) is 6.42 Å². The van der Waals surface area contributed by atoms with E-state index in [2.05, 4.69) is 10.6 Å². The highest BCUT2D eigenvalue weighted by molar-refractivity contribution is 6.21. The molecule has 0 unspecified atom stereocenters. The van der Waals surface area contributed by atoms with Crippen LogP contribution in [0.15, 0.2) is 48.5 Å². The number of fused-ring (bicyclic) bond motifs is 1. The minimum Gasteiger partial charge on any atom is -0.352 e. The summed E-state index contributed by atoms with van der Waals surface area (Å²) in [6, 6.07) is 13.5. The zero-order chi connectivity index (χ0) is 20.8. The summed E-state index contributed by atoms with van der Waals surface area (Å²) in [5.41, 5.74) is 1.63. The third kappa shape index (κ3) is 4.51. The van der Waals surface area contributed by atoms with E-state index in [1.165, 1.54) is 4.90 Å². The van der Waals surface area contributed by atoms with Crippen LogP contribution in [0.5, 0.6) is 0 Å². The molecule has 0 fully saturated rings. The average molecular weight is 393 g/mol. The summed E-state index contributed by atoms with van der Waals surface area (Å²) >= 11 is 0.